The maximum atomic E-state index is 12.0. The van der Waals surface area contributed by atoms with Gasteiger partial charge >= 0.3 is 0 Å². The fourth-order valence-electron chi connectivity index (χ4n) is 2.27. The fraction of sp³-hybridized carbons (Fsp3) is 0.500. The number of hydrogen-bond acceptors (Lipinski definition) is 4. The van der Waals surface area contributed by atoms with Crippen LogP contribution in [0.25, 0.3) is 0 Å². The van der Waals surface area contributed by atoms with Crippen LogP contribution in [0.3, 0.4) is 0 Å². The lowest BCUT2D eigenvalue weighted by atomic mass is 10.1. The molecular weight excluding hydrogens is 312 g/mol. The van der Waals surface area contributed by atoms with E-state index in [2.05, 4.69) is 5.32 Å². The second-order valence-electron chi connectivity index (χ2n) is 5.09. The van der Waals surface area contributed by atoms with E-state index in [4.69, 9.17) is 11.6 Å². The largest absolute Gasteiger partial charge is 0.310 e. The van der Waals surface area contributed by atoms with Crippen LogP contribution in [0.5, 0.6) is 0 Å². The minimum absolute atomic E-state index is 0.0250. The first-order chi connectivity index (χ1) is 9.91. The Morgan fingerprint density at radius 1 is 1.43 bits per heavy atom. The highest BCUT2D eigenvalue weighted by Crippen LogP contribution is 2.21. The van der Waals surface area contributed by atoms with Crippen LogP contribution in [-0.4, -0.2) is 45.0 Å². The molecule has 1 saturated heterocycles. The number of rotatable bonds is 5. The van der Waals surface area contributed by atoms with E-state index < -0.39 is 9.84 Å². The number of halogens is 1. The molecular formula is C14H19ClN2O3S. The number of carbonyl (C=O) groups excluding carboxylic acids is 1. The van der Waals surface area contributed by atoms with E-state index in [0.717, 1.165) is 5.69 Å². The summed E-state index contributed by atoms with van der Waals surface area (Å²) in [6, 6.07) is 7.09. The van der Waals surface area contributed by atoms with Crippen LogP contribution in [0.2, 0.25) is 5.02 Å². The van der Waals surface area contributed by atoms with Crippen molar-refractivity contribution in [1.29, 1.82) is 0 Å². The Morgan fingerprint density at radius 3 is 2.86 bits per heavy atom. The molecule has 1 fully saturated rings. The Labute approximate surface area is 130 Å². The van der Waals surface area contributed by atoms with Crippen LogP contribution in [0.15, 0.2) is 24.3 Å². The Morgan fingerprint density at radius 2 is 2.19 bits per heavy atom. The minimum atomic E-state index is -2.99. The quantitative estimate of drug-likeness (QED) is 0.888. The summed E-state index contributed by atoms with van der Waals surface area (Å²) in [6.45, 7) is 2.31. The lowest BCUT2D eigenvalue weighted by Gasteiger charge is -2.33. The van der Waals surface area contributed by atoms with Crippen molar-refractivity contribution in [2.24, 2.45) is 0 Å². The molecule has 1 aromatic rings. The molecule has 0 saturated carbocycles. The average Bonchev–Trinajstić information content (AvgIpc) is 2.46. The van der Waals surface area contributed by atoms with Gasteiger partial charge in [0, 0.05) is 29.0 Å². The highest BCUT2D eigenvalue weighted by molar-refractivity contribution is 7.91. The molecule has 5 nitrogen and oxygen atoms in total. The maximum absolute atomic E-state index is 12.0. The molecule has 0 aliphatic carbocycles. The molecule has 1 amide bonds. The zero-order chi connectivity index (χ0) is 15.5. The molecule has 1 heterocycles. The molecule has 0 aromatic heterocycles. The SMILES string of the molecule is CCS(=O)(=O)CC[C@H]1CN(c2cccc(Cl)c2)C(=O)CN1. The first kappa shape index (κ1) is 16.3. The van der Waals surface area contributed by atoms with E-state index in [-0.39, 0.29) is 30.0 Å². The van der Waals surface area contributed by atoms with Gasteiger partial charge in [0.15, 0.2) is 0 Å². The van der Waals surface area contributed by atoms with Crippen molar-refractivity contribution in [3.05, 3.63) is 29.3 Å². The molecule has 1 aromatic carbocycles. The van der Waals surface area contributed by atoms with Crippen LogP contribution < -0.4 is 10.2 Å². The summed E-state index contributed by atoms with van der Waals surface area (Å²) in [5, 5.41) is 3.66. The highest BCUT2D eigenvalue weighted by atomic mass is 35.5. The molecule has 116 valence electrons. The van der Waals surface area contributed by atoms with Gasteiger partial charge in [0.1, 0.15) is 9.84 Å². The smallest absolute Gasteiger partial charge is 0.240 e. The van der Waals surface area contributed by atoms with Crippen molar-refractivity contribution in [2.75, 3.05) is 29.5 Å². The van der Waals surface area contributed by atoms with E-state index >= 15 is 0 Å². The standard InChI is InChI=1S/C14H19ClN2O3S/c1-2-21(19,20)7-6-12-10-17(14(18)9-16-12)13-5-3-4-11(15)8-13/h3-5,8,12,16H,2,6-7,9-10H2,1H3/t12-/m0/s1. The fourth-order valence-corrected chi connectivity index (χ4v) is 3.38. The van der Waals surface area contributed by atoms with Crippen LogP contribution in [-0.2, 0) is 14.6 Å². The molecule has 21 heavy (non-hydrogen) atoms. The monoisotopic (exact) mass is 330 g/mol. The summed E-state index contributed by atoms with van der Waals surface area (Å²) < 4.78 is 23.2. The molecule has 7 heteroatoms. The van der Waals surface area contributed by atoms with Gasteiger partial charge in [0.25, 0.3) is 0 Å². The summed E-state index contributed by atoms with van der Waals surface area (Å²) in [5.41, 5.74) is 0.748. The third-order valence-corrected chi connectivity index (χ3v) is 5.56. The van der Waals surface area contributed by atoms with E-state index in [1.165, 1.54) is 0 Å². The van der Waals surface area contributed by atoms with E-state index in [1.54, 1.807) is 30.0 Å². The molecule has 1 atom stereocenters. The number of hydrogen-bond donors (Lipinski definition) is 1. The third kappa shape index (κ3) is 4.43. The molecule has 0 radical (unpaired) electrons. The number of nitrogens with one attached hydrogen (secondary N) is 1. The Hall–Kier alpha value is -1.11. The molecule has 0 spiro atoms. The third-order valence-electron chi connectivity index (χ3n) is 3.58. The zero-order valence-corrected chi connectivity index (χ0v) is 13.5. The first-order valence-corrected chi connectivity index (χ1v) is 9.11. The van der Waals surface area contributed by atoms with Crippen molar-refractivity contribution in [1.82, 2.24) is 5.32 Å². The number of anilines is 1. The Kier molecular flexibility index (Phi) is 5.24. The van der Waals surface area contributed by atoms with E-state index in [9.17, 15) is 13.2 Å². The van der Waals surface area contributed by atoms with E-state index in [0.29, 0.717) is 18.0 Å². The highest BCUT2D eigenvalue weighted by Gasteiger charge is 2.27. The molecule has 0 unspecified atom stereocenters. The summed E-state index contributed by atoms with van der Waals surface area (Å²) >= 11 is 5.96. The van der Waals surface area contributed by atoms with Crippen molar-refractivity contribution < 1.29 is 13.2 Å². The van der Waals surface area contributed by atoms with Crippen molar-refractivity contribution in [2.45, 2.75) is 19.4 Å². The molecule has 2 rings (SSSR count). The molecule has 1 aliphatic heterocycles. The number of benzene rings is 1. The second kappa shape index (κ2) is 6.77. The van der Waals surface area contributed by atoms with E-state index in [1.807, 2.05) is 6.07 Å². The van der Waals surface area contributed by atoms with Gasteiger partial charge in [-0.2, -0.15) is 0 Å². The van der Waals surface area contributed by atoms with Crippen LogP contribution in [0, 0.1) is 0 Å². The van der Waals surface area contributed by atoms with Crippen molar-refractivity contribution >= 4 is 33.0 Å². The van der Waals surface area contributed by atoms with Gasteiger partial charge in [-0.3, -0.25) is 4.79 Å². The van der Waals surface area contributed by atoms with Crippen LogP contribution in [0.4, 0.5) is 5.69 Å². The first-order valence-electron chi connectivity index (χ1n) is 6.91. The van der Waals surface area contributed by atoms with Crippen LogP contribution in [0.1, 0.15) is 13.3 Å². The predicted molar refractivity (Wildman–Crippen MR) is 84.5 cm³/mol. The Bertz CT molecular complexity index is 618. The number of amides is 1. The molecule has 1 aliphatic rings. The molecule has 0 bridgehead atoms. The predicted octanol–water partition coefficient (Wildman–Crippen LogP) is 1.47. The lowest BCUT2D eigenvalue weighted by Crippen LogP contribution is -2.54. The minimum Gasteiger partial charge on any atom is -0.310 e. The summed E-state index contributed by atoms with van der Waals surface area (Å²) in [4.78, 5) is 13.7. The lowest BCUT2D eigenvalue weighted by molar-refractivity contribution is -0.119. The number of sulfone groups is 1. The number of nitrogens with zero attached hydrogens (tertiary/aromatic N) is 1. The topological polar surface area (TPSA) is 66.5 Å². The summed E-state index contributed by atoms with van der Waals surface area (Å²) in [7, 11) is -2.99. The van der Waals surface area contributed by atoms with Gasteiger partial charge < -0.3 is 10.2 Å². The van der Waals surface area contributed by atoms with Gasteiger partial charge in [0.2, 0.25) is 5.91 Å². The van der Waals surface area contributed by atoms with Crippen molar-refractivity contribution in [3.8, 4) is 0 Å². The molecule has 1 N–H and O–H groups in total. The number of carbonyl (C=O) groups is 1. The Balaban J connectivity index is 2.04. The number of piperazine rings is 1. The van der Waals surface area contributed by atoms with Crippen molar-refractivity contribution in [3.63, 3.8) is 0 Å². The average molecular weight is 331 g/mol. The van der Waals surface area contributed by atoms with Gasteiger partial charge in [-0.25, -0.2) is 8.42 Å². The zero-order valence-electron chi connectivity index (χ0n) is 11.9. The summed E-state index contributed by atoms with van der Waals surface area (Å²) in [5.74, 6) is 0.252. The summed E-state index contributed by atoms with van der Waals surface area (Å²) in [6.07, 6.45) is 0.501. The van der Waals surface area contributed by atoms with Crippen LogP contribution >= 0.6 is 11.6 Å². The van der Waals surface area contributed by atoms with Gasteiger partial charge in [-0.05, 0) is 24.6 Å². The maximum Gasteiger partial charge on any atom is 0.240 e. The normalized spacial score (nSPS) is 19.8. The van der Waals surface area contributed by atoms with Gasteiger partial charge in [-0.15, -0.1) is 0 Å². The second-order valence-corrected chi connectivity index (χ2v) is 8.00. The van der Waals surface area contributed by atoms with Gasteiger partial charge in [0.05, 0.1) is 12.3 Å². The van der Waals surface area contributed by atoms with Gasteiger partial charge in [-0.1, -0.05) is 24.6 Å².